The van der Waals surface area contributed by atoms with Crippen molar-refractivity contribution in [1.82, 2.24) is 9.88 Å². The third-order valence-corrected chi connectivity index (χ3v) is 4.05. The zero-order chi connectivity index (χ0) is 14.3. The highest BCUT2D eigenvalue weighted by molar-refractivity contribution is 7.09. The molecule has 0 radical (unpaired) electrons. The number of benzene rings is 1. The predicted molar refractivity (Wildman–Crippen MR) is 77.0 cm³/mol. The molecule has 0 spiro atoms. The summed E-state index contributed by atoms with van der Waals surface area (Å²) in [6.07, 6.45) is 0. The first kappa shape index (κ1) is 12.8. The van der Waals surface area contributed by atoms with E-state index in [2.05, 4.69) is 10.3 Å². The van der Waals surface area contributed by atoms with Crippen LogP contribution in [0.3, 0.4) is 0 Å². The molecule has 0 aliphatic carbocycles. The van der Waals surface area contributed by atoms with Crippen LogP contribution in [-0.4, -0.2) is 28.7 Å². The van der Waals surface area contributed by atoms with Crippen molar-refractivity contribution in [2.45, 2.75) is 13.5 Å². The van der Waals surface area contributed by atoms with Crippen molar-refractivity contribution in [2.75, 3.05) is 12.4 Å². The van der Waals surface area contributed by atoms with Gasteiger partial charge in [0.05, 0.1) is 28.4 Å². The Morgan fingerprint density at radius 1 is 1.25 bits per heavy atom. The molecule has 1 aromatic heterocycles. The normalized spacial score (nSPS) is 13.8. The Labute approximate surface area is 120 Å². The summed E-state index contributed by atoms with van der Waals surface area (Å²) in [5.74, 6) is -0.496. The minimum atomic E-state index is -0.252. The van der Waals surface area contributed by atoms with Crippen molar-refractivity contribution < 1.29 is 9.59 Å². The molecule has 5 nitrogen and oxygen atoms in total. The second-order valence-electron chi connectivity index (χ2n) is 4.64. The molecule has 1 aliphatic heterocycles. The minimum Gasteiger partial charge on any atom is -0.379 e. The van der Waals surface area contributed by atoms with Crippen molar-refractivity contribution in [2.24, 2.45) is 0 Å². The Kier molecular flexibility index (Phi) is 3.02. The van der Waals surface area contributed by atoms with Gasteiger partial charge in [0.25, 0.3) is 11.8 Å². The quantitative estimate of drug-likeness (QED) is 0.880. The van der Waals surface area contributed by atoms with Crippen LogP contribution in [0.1, 0.15) is 31.4 Å². The molecule has 1 aromatic carbocycles. The van der Waals surface area contributed by atoms with Gasteiger partial charge in [0.2, 0.25) is 0 Å². The van der Waals surface area contributed by atoms with E-state index in [9.17, 15) is 9.59 Å². The van der Waals surface area contributed by atoms with Gasteiger partial charge in [0, 0.05) is 18.1 Å². The second kappa shape index (κ2) is 4.72. The van der Waals surface area contributed by atoms with Gasteiger partial charge in [-0.25, -0.2) is 4.98 Å². The number of fused-ring (bicyclic) bond motifs is 1. The standard InChI is InChI=1S/C14H13N3O2S/c1-8-16-10(7-20-8)6-15-9-3-4-11-12(5-9)14(19)17(2)13(11)18/h3-5,7,15H,6H2,1-2H3. The molecular formula is C14H13N3O2S. The van der Waals surface area contributed by atoms with Gasteiger partial charge in [-0.1, -0.05) is 0 Å². The van der Waals surface area contributed by atoms with Gasteiger partial charge < -0.3 is 5.32 Å². The maximum absolute atomic E-state index is 11.9. The number of aryl methyl sites for hydroxylation is 1. The second-order valence-corrected chi connectivity index (χ2v) is 5.70. The van der Waals surface area contributed by atoms with Crippen LogP contribution in [0.15, 0.2) is 23.6 Å². The molecule has 0 bridgehead atoms. The van der Waals surface area contributed by atoms with Crippen LogP contribution in [0.5, 0.6) is 0 Å². The smallest absolute Gasteiger partial charge is 0.261 e. The highest BCUT2D eigenvalue weighted by Gasteiger charge is 2.32. The Balaban J connectivity index is 1.80. The summed E-state index contributed by atoms with van der Waals surface area (Å²) in [4.78, 5) is 29.2. The van der Waals surface area contributed by atoms with Crippen molar-refractivity contribution >= 4 is 28.8 Å². The van der Waals surface area contributed by atoms with Gasteiger partial charge in [0.15, 0.2) is 0 Å². The topological polar surface area (TPSA) is 62.3 Å². The lowest BCUT2D eigenvalue weighted by atomic mass is 10.1. The van der Waals surface area contributed by atoms with E-state index in [4.69, 9.17) is 0 Å². The number of thiazole rings is 1. The lowest BCUT2D eigenvalue weighted by Gasteiger charge is -2.05. The maximum Gasteiger partial charge on any atom is 0.261 e. The summed E-state index contributed by atoms with van der Waals surface area (Å²) in [6, 6.07) is 5.22. The lowest BCUT2D eigenvalue weighted by Crippen LogP contribution is -2.24. The molecule has 20 heavy (non-hydrogen) atoms. The lowest BCUT2D eigenvalue weighted by molar-refractivity contribution is 0.0693. The summed E-state index contributed by atoms with van der Waals surface area (Å²) in [6.45, 7) is 2.56. The summed E-state index contributed by atoms with van der Waals surface area (Å²) in [5, 5.41) is 6.24. The van der Waals surface area contributed by atoms with Crippen LogP contribution in [0.4, 0.5) is 5.69 Å². The van der Waals surface area contributed by atoms with Gasteiger partial charge in [-0.15, -0.1) is 11.3 Å². The van der Waals surface area contributed by atoms with E-state index in [1.54, 1.807) is 23.5 Å². The summed E-state index contributed by atoms with van der Waals surface area (Å²) < 4.78 is 0. The van der Waals surface area contributed by atoms with E-state index < -0.39 is 0 Å². The van der Waals surface area contributed by atoms with Crippen LogP contribution in [0.2, 0.25) is 0 Å². The number of nitrogens with one attached hydrogen (secondary N) is 1. The highest BCUT2D eigenvalue weighted by atomic mass is 32.1. The van der Waals surface area contributed by atoms with E-state index >= 15 is 0 Å². The fourth-order valence-electron chi connectivity index (χ4n) is 2.15. The zero-order valence-corrected chi connectivity index (χ0v) is 12.0. The Morgan fingerprint density at radius 3 is 2.70 bits per heavy atom. The molecule has 102 valence electrons. The van der Waals surface area contributed by atoms with Gasteiger partial charge in [-0.2, -0.15) is 0 Å². The molecule has 2 heterocycles. The number of hydrogen-bond donors (Lipinski definition) is 1. The number of nitrogens with zero attached hydrogens (tertiary/aromatic N) is 2. The number of amides is 2. The van der Waals surface area contributed by atoms with Crippen LogP contribution in [0, 0.1) is 6.92 Å². The molecule has 0 fully saturated rings. The first-order valence-electron chi connectivity index (χ1n) is 6.17. The maximum atomic E-state index is 11.9. The van der Waals surface area contributed by atoms with Gasteiger partial charge >= 0.3 is 0 Å². The molecule has 0 saturated carbocycles. The molecule has 2 aromatic rings. The van der Waals surface area contributed by atoms with Crippen LogP contribution < -0.4 is 5.32 Å². The molecule has 2 amide bonds. The Hall–Kier alpha value is -2.21. The number of aromatic nitrogens is 1. The fraction of sp³-hybridized carbons (Fsp3) is 0.214. The molecule has 0 atom stereocenters. The first-order chi connectivity index (χ1) is 9.56. The van der Waals surface area contributed by atoms with Crippen molar-refractivity contribution in [3.8, 4) is 0 Å². The third kappa shape index (κ3) is 2.08. The number of anilines is 1. The number of rotatable bonds is 3. The average Bonchev–Trinajstić information content (AvgIpc) is 2.95. The SMILES string of the molecule is Cc1nc(CNc2ccc3c(c2)C(=O)N(C)C3=O)cs1. The Bertz CT molecular complexity index is 708. The highest BCUT2D eigenvalue weighted by Crippen LogP contribution is 2.25. The van der Waals surface area contributed by atoms with E-state index in [0.29, 0.717) is 17.7 Å². The van der Waals surface area contributed by atoms with Gasteiger partial charge in [-0.3, -0.25) is 14.5 Å². The van der Waals surface area contributed by atoms with E-state index in [-0.39, 0.29) is 11.8 Å². The average molecular weight is 287 g/mol. The first-order valence-corrected chi connectivity index (χ1v) is 7.05. The van der Waals surface area contributed by atoms with Crippen molar-refractivity contribution in [1.29, 1.82) is 0 Å². The third-order valence-electron chi connectivity index (χ3n) is 3.23. The molecule has 0 unspecified atom stereocenters. The Morgan fingerprint density at radius 2 is 2.00 bits per heavy atom. The molecule has 6 heteroatoms. The van der Waals surface area contributed by atoms with E-state index in [1.807, 2.05) is 18.4 Å². The van der Waals surface area contributed by atoms with Crippen molar-refractivity contribution in [3.63, 3.8) is 0 Å². The van der Waals surface area contributed by atoms with Gasteiger partial charge in [-0.05, 0) is 25.1 Å². The minimum absolute atomic E-state index is 0.244. The summed E-state index contributed by atoms with van der Waals surface area (Å²) >= 11 is 1.60. The van der Waals surface area contributed by atoms with Crippen LogP contribution >= 0.6 is 11.3 Å². The molecular weight excluding hydrogens is 274 g/mol. The summed E-state index contributed by atoms with van der Waals surface area (Å²) in [7, 11) is 1.50. The van der Waals surface area contributed by atoms with E-state index in [1.165, 1.54) is 7.05 Å². The monoisotopic (exact) mass is 287 g/mol. The van der Waals surface area contributed by atoms with Crippen LogP contribution in [-0.2, 0) is 6.54 Å². The fourth-order valence-corrected chi connectivity index (χ4v) is 2.77. The van der Waals surface area contributed by atoms with E-state index in [0.717, 1.165) is 21.3 Å². The number of imide groups is 1. The summed E-state index contributed by atoms with van der Waals surface area (Å²) in [5.41, 5.74) is 2.70. The number of carbonyl (C=O) groups is 2. The zero-order valence-electron chi connectivity index (χ0n) is 11.1. The van der Waals surface area contributed by atoms with Gasteiger partial charge in [0.1, 0.15) is 0 Å². The molecule has 0 saturated heterocycles. The molecule has 1 aliphatic rings. The largest absolute Gasteiger partial charge is 0.379 e. The molecule has 1 N–H and O–H groups in total. The number of carbonyl (C=O) groups excluding carboxylic acids is 2. The number of hydrogen-bond acceptors (Lipinski definition) is 5. The van der Waals surface area contributed by atoms with Crippen LogP contribution in [0.25, 0.3) is 0 Å². The molecule has 3 rings (SSSR count). The predicted octanol–water partition coefficient (Wildman–Crippen LogP) is 2.29. The van der Waals surface area contributed by atoms with Crippen molar-refractivity contribution in [3.05, 3.63) is 45.4 Å².